The van der Waals surface area contributed by atoms with Crippen molar-refractivity contribution in [3.63, 3.8) is 0 Å². The molecule has 0 N–H and O–H groups in total. The summed E-state index contributed by atoms with van der Waals surface area (Å²) >= 11 is 0. The molecule has 0 heterocycles. The minimum atomic E-state index is 0.556. The first-order valence-corrected chi connectivity index (χ1v) is 11.5. The van der Waals surface area contributed by atoms with Gasteiger partial charge in [-0.25, -0.2) is 0 Å². The molecule has 0 nitrogen and oxygen atoms in total. The van der Waals surface area contributed by atoms with E-state index in [1.165, 1.54) is 58.2 Å². The van der Waals surface area contributed by atoms with Gasteiger partial charge in [-0.3, -0.25) is 0 Å². The predicted molar refractivity (Wildman–Crippen MR) is 126 cm³/mol. The normalized spacial score (nSPS) is 15.5. The zero-order chi connectivity index (χ0) is 20.2. The molecular formula is C29H34. The summed E-state index contributed by atoms with van der Waals surface area (Å²) in [6.07, 6.45) is 8.23. The van der Waals surface area contributed by atoms with Gasteiger partial charge in [0, 0.05) is 0 Å². The molecule has 0 saturated heterocycles. The van der Waals surface area contributed by atoms with Crippen LogP contribution < -0.4 is 0 Å². The Labute approximate surface area is 177 Å². The Morgan fingerprint density at radius 3 is 2.28 bits per heavy atom. The lowest BCUT2D eigenvalue weighted by molar-refractivity contribution is 0.678. The van der Waals surface area contributed by atoms with E-state index < -0.39 is 0 Å². The fraction of sp³-hybridized carbons (Fsp3) is 0.379. The van der Waals surface area contributed by atoms with Gasteiger partial charge in [-0.15, -0.1) is 0 Å². The molecule has 1 aliphatic carbocycles. The number of fused-ring (bicyclic) bond motifs is 3. The second kappa shape index (κ2) is 8.99. The van der Waals surface area contributed by atoms with Crippen LogP contribution >= 0.6 is 0 Å². The van der Waals surface area contributed by atoms with E-state index in [1.54, 1.807) is 5.56 Å². The summed E-state index contributed by atoms with van der Waals surface area (Å²) in [5.74, 6) is 0.556. The molecule has 0 spiro atoms. The largest absolute Gasteiger partial charge is 0.0654 e. The van der Waals surface area contributed by atoms with Gasteiger partial charge in [-0.2, -0.15) is 0 Å². The van der Waals surface area contributed by atoms with Gasteiger partial charge < -0.3 is 0 Å². The van der Waals surface area contributed by atoms with Gasteiger partial charge in [0.25, 0.3) is 0 Å². The first kappa shape index (κ1) is 20.0. The molecule has 3 aromatic carbocycles. The molecule has 0 radical (unpaired) electrons. The molecule has 1 aliphatic rings. The molecule has 1 unspecified atom stereocenters. The second-order valence-corrected chi connectivity index (χ2v) is 8.60. The number of rotatable bonds is 6. The van der Waals surface area contributed by atoms with E-state index in [2.05, 4.69) is 81.4 Å². The van der Waals surface area contributed by atoms with E-state index in [1.807, 2.05) is 0 Å². The van der Waals surface area contributed by atoms with Gasteiger partial charge in [0.05, 0.1) is 0 Å². The number of hydrogen-bond acceptors (Lipinski definition) is 0. The quantitative estimate of drug-likeness (QED) is 0.409. The van der Waals surface area contributed by atoms with Crippen molar-refractivity contribution in [1.29, 1.82) is 0 Å². The van der Waals surface area contributed by atoms with Crippen molar-refractivity contribution < 1.29 is 0 Å². The van der Waals surface area contributed by atoms with E-state index >= 15 is 0 Å². The number of benzene rings is 3. The highest BCUT2D eigenvalue weighted by Crippen LogP contribution is 2.39. The minimum Gasteiger partial charge on any atom is -0.0654 e. The fourth-order valence-electron chi connectivity index (χ4n) is 4.97. The SMILES string of the molecule is CCCCc1ccc2c(c1)CC(c1cc(CC)ccc1CC)Cc1ccccc1-2. The lowest BCUT2D eigenvalue weighted by Gasteiger charge is -2.21. The summed E-state index contributed by atoms with van der Waals surface area (Å²) < 4.78 is 0. The van der Waals surface area contributed by atoms with Crippen molar-refractivity contribution in [2.24, 2.45) is 0 Å². The molecule has 150 valence electrons. The predicted octanol–water partition coefficient (Wildman–Crippen LogP) is 7.70. The molecular weight excluding hydrogens is 348 g/mol. The van der Waals surface area contributed by atoms with Gasteiger partial charge >= 0.3 is 0 Å². The Kier molecular flexibility index (Phi) is 6.19. The Hall–Kier alpha value is -2.34. The van der Waals surface area contributed by atoms with Crippen molar-refractivity contribution in [3.05, 3.63) is 94.0 Å². The van der Waals surface area contributed by atoms with Crippen molar-refractivity contribution in [2.75, 3.05) is 0 Å². The van der Waals surface area contributed by atoms with Crippen LogP contribution in [0.5, 0.6) is 0 Å². The molecule has 0 aromatic heterocycles. The van der Waals surface area contributed by atoms with Gasteiger partial charge in [0.15, 0.2) is 0 Å². The summed E-state index contributed by atoms with van der Waals surface area (Å²) in [6, 6.07) is 23.5. The van der Waals surface area contributed by atoms with Crippen LogP contribution in [0.2, 0.25) is 0 Å². The van der Waals surface area contributed by atoms with Gasteiger partial charge in [0.2, 0.25) is 0 Å². The molecule has 3 aromatic rings. The lowest BCUT2D eigenvalue weighted by atomic mass is 9.84. The smallest absolute Gasteiger partial charge is 0.00778 e. The molecule has 0 saturated carbocycles. The Morgan fingerprint density at radius 2 is 1.48 bits per heavy atom. The molecule has 1 atom stereocenters. The van der Waals surface area contributed by atoms with Crippen molar-refractivity contribution in [2.45, 2.75) is 71.6 Å². The monoisotopic (exact) mass is 382 g/mol. The van der Waals surface area contributed by atoms with E-state index in [-0.39, 0.29) is 0 Å². The standard InChI is InChI=1S/C29H34/c1-4-7-10-22-14-16-28-25(17-22)20-26(19-24-11-8-9-12-27(24)28)29-18-21(5-2)13-15-23(29)6-3/h8-9,11-18,26H,4-7,10,19-20H2,1-3H3. The first-order chi connectivity index (χ1) is 14.2. The topological polar surface area (TPSA) is 0 Å². The third kappa shape index (κ3) is 4.17. The van der Waals surface area contributed by atoms with Crippen LogP contribution in [0.25, 0.3) is 11.1 Å². The van der Waals surface area contributed by atoms with E-state index in [9.17, 15) is 0 Å². The summed E-state index contributed by atoms with van der Waals surface area (Å²) in [5, 5.41) is 0. The van der Waals surface area contributed by atoms with Gasteiger partial charge in [-0.1, -0.05) is 87.9 Å². The third-order valence-electron chi connectivity index (χ3n) is 6.67. The van der Waals surface area contributed by atoms with Crippen molar-refractivity contribution in [1.82, 2.24) is 0 Å². The average Bonchev–Trinajstić information content (AvgIpc) is 2.93. The summed E-state index contributed by atoms with van der Waals surface area (Å²) in [6.45, 7) is 6.84. The van der Waals surface area contributed by atoms with E-state index in [0.717, 1.165) is 25.7 Å². The molecule has 0 heteroatoms. The fourth-order valence-corrected chi connectivity index (χ4v) is 4.97. The third-order valence-corrected chi connectivity index (χ3v) is 6.67. The number of unbranched alkanes of at least 4 members (excludes halogenated alkanes) is 1. The van der Waals surface area contributed by atoms with Crippen LogP contribution in [0.4, 0.5) is 0 Å². The van der Waals surface area contributed by atoms with Crippen LogP contribution in [0, 0.1) is 0 Å². The zero-order valence-electron chi connectivity index (χ0n) is 18.3. The maximum Gasteiger partial charge on any atom is -0.00778 e. The average molecular weight is 383 g/mol. The molecule has 4 rings (SSSR count). The lowest BCUT2D eigenvalue weighted by Crippen LogP contribution is -2.09. The Balaban J connectivity index is 1.82. The summed E-state index contributed by atoms with van der Waals surface area (Å²) in [5.41, 5.74) is 12.0. The highest BCUT2D eigenvalue weighted by Gasteiger charge is 2.24. The van der Waals surface area contributed by atoms with Crippen LogP contribution in [0.3, 0.4) is 0 Å². The van der Waals surface area contributed by atoms with Gasteiger partial charge in [0.1, 0.15) is 0 Å². The van der Waals surface area contributed by atoms with E-state index in [0.29, 0.717) is 5.92 Å². The van der Waals surface area contributed by atoms with Crippen molar-refractivity contribution in [3.8, 4) is 11.1 Å². The highest BCUT2D eigenvalue weighted by atomic mass is 14.3. The molecule has 0 amide bonds. The van der Waals surface area contributed by atoms with Crippen LogP contribution in [0.1, 0.15) is 72.9 Å². The van der Waals surface area contributed by atoms with Crippen molar-refractivity contribution >= 4 is 0 Å². The number of hydrogen-bond donors (Lipinski definition) is 0. The zero-order valence-corrected chi connectivity index (χ0v) is 18.3. The minimum absolute atomic E-state index is 0.556. The second-order valence-electron chi connectivity index (χ2n) is 8.60. The summed E-state index contributed by atoms with van der Waals surface area (Å²) in [4.78, 5) is 0. The van der Waals surface area contributed by atoms with Crippen LogP contribution in [-0.2, 0) is 32.1 Å². The highest BCUT2D eigenvalue weighted by molar-refractivity contribution is 5.72. The maximum absolute atomic E-state index is 2.51. The summed E-state index contributed by atoms with van der Waals surface area (Å²) in [7, 11) is 0. The van der Waals surface area contributed by atoms with E-state index in [4.69, 9.17) is 0 Å². The van der Waals surface area contributed by atoms with Crippen LogP contribution in [-0.4, -0.2) is 0 Å². The Morgan fingerprint density at radius 1 is 0.724 bits per heavy atom. The maximum atomic E-state index is 2.51. The van der Waals surface area contributed by atoms with Gasteiger partial charge in [-0.05, 0) is 89.0 Å². The molecule has 29 heavy (non-hydrogen) atoms. The number of aryl methyl sites for hydroxylation is 3. The first-order valence-electron chi connectivity index (χ1n) is 11.5. The Bertz CT molecular complexity index is 979. The molecule has 0 aliphatic heterocycles. The molecule has 0 fully saturated rings. The molecule has 0 bridgehead atoms. The van der Waals surface area contributed by atoms with Crippen LogP contribution in [0.15, 0.2) is 60.7 Å².